The highest BCUT2D eigenvalue weighted by Gasteiger charge is 2.05. The first-order valence-corrected chi connectivity index (χ1v) is 5.13. The number of allylic oxidation sites excluding steroid dienone is 1. The Kier molecular flexibility index (Phi) is 3.73. The predicted molar refractivity (Wildman–Crippen MR) is 61.7 cm³/mol. The van der Waals surface area contributed by atoms with E-state index >= 15 is 0 Å². The van der Waals surface area contributed by atoms with E-state index in [1.54, 1.807) is 0 Å². The smallest absolute Gasteiger partial charge is 0.0180 e. The van der Waals surface area contributed by atoms with Crippen LogP contribution in [0.4, 0.5) is 0 Å². The lowest BCUT2D eigenvalue weighted by atomic mass is 9.96. The summed E-state index contributed by atoms with van der Waals surface area (Å²) >= 11 is 3.49. The first-order chi connectivity index (χ1) is 6.13. The van der Waals surface area contributed by atoms with Crippen molar-refractivity contribution in [2.45, 2.75) is 20.3 Å². The Balaban J connectivity index is 2.93. The van der Waals surface area contributed by atoms with Gasteiger partial charge in [0.05, 0.1) is 0 Å². The third-order valence-electron chi connectivity index (χ3n) is 1.99. The highest BCUT2D eigenvalue weighted by atomic mass is 79.9. The molecular weight excluding hydrogens is 224 g/mol. The molecule has 1 radical (unpaired) electrons. The van der Waals surface area contributed by atoms with Gasteiger partial charge in [-0.25, -0.2) is 0 Å². The molecule has 0 bridgehead atoms. The van der Waals surface area contributed by atoms with Crippen molar-refractivity contribution in [3.8, 4) is 0 Å². The van der Waals surface area contributed by atoms with Gasteiger partial charge in [-0.05, 0) is 36.6 Å². The zero-order valence-electron chi connectivity index (χ0n) is 8.10. The van der Waals surface area contributed by atoms with Gasteiger partial charge in [-0.2, -0.15) is 0 Å². The first-order valence-electron chi connectivity index (χ1n) is 4.34. The van der Waals surface area contributed by atoms with Gasteiger partial charge in [0.15, 0.2) is 0 Å². The van der Waals surface area contributed by atoms with Crippen molar-refractivity contribution in [3.05, 3.63) is 52.4 Å². The fourth-order valence-electron chi connectivity index (χ4n) is 1.32. The number of rotatable bonds is 3. The van der Waals surface area contributed by atoms with Gasteiger partial charge >= 0.3 is 0 Å². The zero-order valence-corrected chi connectivity index (χ0v) is 9.69. The second-order valence-corrected chi connectivity index (χ2v) is 4.21. The Hall–Kier alpha value is -0.560. The summed E-state index contributed by atoms with van der Waals surface area (Å²) in [5, 5.41) is 0. The Morgan fingerprint density at radius 3 is 2.69 bits per heavy atom. The van der Waals surface area contributed by atoms with E-state index in [9.17, 15) is 0 Å². The second-order valence-electron chi connectivity index (χ2n) is 3.29. The van der Waals surface area contributed by atoms with Crippen molar-refractivity contribution < 1.29 is 0 Å². The van der Waals surface area contributed by atoms with Gasteiger partial charge in [-0.15, -0.1) is 6.58 Å². The Labute approximate surface area is 88.8 Å². The number of aryl methyl sites for hydroxylation is 1. The molecule has 0 aromatic heterocycles. The molecule has 1 aromatic rings. The van der Waals surface area contributed by atoms with Crippen molar-refractivity contribution in [1.29, 1.82) is 0 Å². The Morgan fingerprint density at radius 1 is 1.46 bits per heavy atom. The van der Waals surface area contributed by atoms with E-state index in [1.165, 1.54) is 17.0 Å². The molecule has 0 saturated carbocycles. The van der Waals surface area contributed by atoms with E-state index < -0.39 is 0 Å². The third kappa shape index (κ3) is 3.00. The van der Waals surface area contributed by atoms with Crippen LogP contribution in [-0.2, 0) is 0 Å². The molecule has 0 N–H and O–H groups in total. The summed E-state index contributed by atoms with van der Waals surface area (Å²) in [6.07, 6.45) is 2.89. The molecule has 0 amide bonds. The number of halogens is 1. The van der Waals surface area contributed by atoms with Crippen LogP contribution in [0.3, 0.4) is 0 Å². The summed E-state index contributed by atoms with van der Waals surface area (Å²) < 4.78 is 1.14. The van der Waals surface area contributed by atoms with Gasteiger partial charge in [0.2, 0.25) is 0 Å². The SMILES string of the molecule is C=CC[C](C)c1cc(C)cc(Br)c1. The fourth-order valence-corrected chi connectivity index (χ4v) is 1.92. The molecule has 0 atom stereocenters. The summed E-state index contributed by atoms with van der Waals surface area (Å²) in [7, 11) is 0. The summed E-state index contributed by atoms with van der Waals surface area (Å²) in [6, 6.07) is 6.46. The van der Waals surface area contributed by atoms with Crippen molar-refractivity contribution in [2.24, 2.45) is 0 Å². The van der Waals surface area contributed by atoms with Crippen LogP contribution in [-0.4, -0.2) is 0 Å². The van der Waals surface area contributed by atoms with Gasteiger partial charge in [0, 0.05) is 10.4 Å². The van der Waals surface area contributed by atoms with E-state index in [0.717, 1.165) is 10.9 Å². The summed E-state index contributed by atoms with van der Waals surface area (Å²) in [5.41, 5.74) is 2.58. The van der Waals surface area contributed by atoms with Crippen LogP contribution in [0.2, 0.25) is 0 Å². The van der Waals surface area contributed by atoms with Gasteiger partial charge in [0.1, 0.15) is 0 Å². The number of benzene rings is 1. The molecule has 69 valence electrons. The van der Waals surface area contributed by atoms with Crippen molar-refractivity contribution in [1.82, 2.24) is 0 Å². The predicted octanol–water partition coefficient (Wildman–Crippen LogP) is 4.28. The van der Waals surface area contributed by atoms with Crippen molar-refractivity contribution in [3.63, 3.8) is 0 Å². The fraction of sp³-hybridized carbons (Fsp3) is 0.250. The molecule has 1 rings (SSSR count). The maximum Gasteiger partial charge on any atom is 0.0180 e. The molecule has 1 heteroatoms. The Morgan fingerprint density at radius 2 is 2.15 bits per heavy atom. The summed E-state index contributed by atoms with van der Waals surface area (Å²) in [4.78, 5) is 0. The lowest BCUT2D eigenvalue weighted by molar-refractivity contribution is 1.03. The lowest BCUT2D eigenvalue weighted by Crippen LogP contribution is -1.93. The van der Waals surface area contributed by atoms with Crippen LogP contribution in [0, 0.1) is 12.8 Å². The van der Waals surface area contributed by atoms with Crippen molar-refractivity contribution >= 4 is 15.9 Å². The molecule has 0 unspecified atom stereocenters. The Bertz CT molecular complexity index is 282. The third-order valence-corrected chi connectivity index (χ3v) is 2.44. The summed E-state index contributed by atoms with van der Waals surface area (Å²) in [5.74, 6) is 1.36. The van der Waals surface area contributed by atoms with Gasteiger partial charge in [-0.1, -0.05) is 35.0 Å². The van der Waals surface area contributed by atoms with Crippen LogP contribution in [0.25, 0.3) is 0 Å². The van der Waals surface area contributed by atoms with Gasteiger partial charge < -0.3 is 0 Å². The number of hydrogen-bond acceptors (Lipinski definition) is 0. The van der Waals surface area contributed by atoms with E-state index in [2.05, 4.69) is 54.6 Å². The average molecular weight is 238 g/mol. The summed E-state index contributed by atoms with van der Waals surface area (Å²) in [6.45, 7) is 7.99. The normalized spacial score (nSPS) is 10.5. The maximum atomic E-state index is 3.74. The molecule has 0 fully saturated rings. The molecule has 0 nitrogen and oxygen atoms in total. The van der Waals surface area contributed by atoms with E-state index in [-0.39, 0.29) is 0 Å². The molecule has 0 aliphatic carbocycles. The maximum absolute atomic E-state index is 3.74. The average Bonchev–Trinajstić information content (AvgIpc) is 2.03. The highest BCUT2D eigenvalue weighted by Crippen LogP contribution is 2.23. The van der Waals surface area contributed by atoms with Gasteiger partial charge in [0.25, 0.3) is 0 Å². The standard InChI is InChI=1S/C12H14Br/c1-4-5-10(3)11-6-9(2)7-12(13)8-11/h4,6-8H,1,5H2,2-3H3. The monoisotopic (exact) mass is 237 g/mol. The van der Waals surface area contributed by atoms with Crippen molar-refractivity contribution in [2.75, 3.05) is 0 Å². The molecule has 0 aliphatic rings. The first kappa shape index (κ1) is 10.5. The molecular formula is C12H14Br. The minimum absolute atomic E-state index is 0.954. The van der Waals surface area contributed by atoms with Crippen LogP contribution in [0.1, 0.15) is 24.5 Å². The molecule has 0 heterocycles. The quantitative estimate of drug-likeness (QED) is 0.689. The van der Waals surface area contributed by atoms with Crippen LogP contribution in [0.5, 0.6) is 0 Å². The van der Waals surface area contributed by atoms with E-state index in [1.807, 2.05) is 6.08 Å². The number of hydrogen-bond donors (Lipinski definition) is 0. The second kappa shape index (κ2) is 4.61. The largest absolute Gasteiger partial charge is 0.103 e. The van der Waals surface area contributed by atoms with E-state index in [0.29, 0.717) is 0 Å². The highest BCUT2D eigenvalue weighted by molar-refractivity contribution is 9.10. The molecule has 13 heavy (non-hydrogen) atoms. The minimum atomic E-state index is 0.954. The zero-order chi connectivity index (χ0) is 9.84. The molecule has 0 saturated heterocycles. The van der Waals surface area contributed by atoms with Crippen LogP contribution in [0.15, 0.2) is 35.3 Å². The molecule has 0 aliphatic heterocycles. The topological polar surface area (TPSA) is 0 Å². The van der Waals surface area contributed by atoms with E-state index in [4.69, 9.17) is 0 Å². The van der Waals surface area contributed by atoms with Crippen LogP contribution >= 0.6 is 15.9 Å². The minimum Gasteiger partial charge on any atom is -0.103 e. The molecule has 1 aromatic carbocycles. The van der Waals surface area contributed by atoms with Gasteiger partial charge in [-0.3, -0.25) is 0 Å². The van der Waals surface area contributed by atoms with Crippen LogP contribution < -0.4 is 0 Å². The lowest BCUT2D eigenvalue weighted by Gasteiger charge is -2.09. The molecule has 0 spiro atoms.